The van der Waals surface area contributed by atoms with Gasteiger partial charge in [0.1, 0.15) is 17.6 Å². The van der Waals surface area contributed by atoms with Gasteiger partial charge in [-0.3, -0.25) is 4.79 Å². The van der Waals surface area contributed by atoms with Gasteiger partial charge in [0.2, 0.25) is 0 Å². The Morgan fingerprint density at radius 1 is 1.12 bits per heavy atom. The first kappa shape index (κ1) is 27.6. The average molecular weight is 565 g/mol. The second-order valence-electron chi connectivity index (χ2n) is 12.8. The molecule has 1 heterocycles. The van der Waals surface area contributed by atoms with Crippen molar-refractivity contribution in [3.05, 3.63) is 34.8 Å². The van der Waals surface area contributed by atoms with Gasteiger partial charge in [-0.1, -0.05) is 44.6 Å². The predicted molar refractivity (Wildman–Crippen MR) is 160 cm³/mol. The molecule has 6 atom stereocenters. The van der Waals surface area contributed by atoms with Crippen LogP contribution in [0.5, 0.6) is 11.5 Å². The van der Waals surface area contributed by atoms with Crippen LogP contribution in [0.3, 0.4) is 0 Å². The van der Waals surface area contributed by atoms with E-state index in [4.69, 9.17) is 19.2 Å². The van der Waals surface area contributed by atoms with Crippen molar-refractivity contribution in [2.45, 2.75) is 91.1 Å². The zero-order chi connectivity index (χ0) is 28.1. The fourth-order valence-electron chi connectivity index (χ4n) is 8.64. The Kier molecular flexibility index (Phi) is 7.39. The summed E-state index contributed by atoms with van der Waals surface area (Å²) >= 11 is 1.77. The summed E-state index contributed by atoms with van der Waals surface area (Å²) in [4.78, 5) is 19.0. The molecular weight excluding hydrogens is 520 g/mol. The van der Waals surface area contributed by atoms with Gasteiger partial charge < -0.3 is 19.5 Å². The monoisotopic (exact) mass is 564 g/mol. The third-order valence-electron chi connectivity index (χ3n) is 10.9. The van der Waals surface area contributed by atoms with Crippen molar-refractivity contribution in [3.8, 4) is 11.5 Å². The number of methoxy groups -OCH3 is 2. The number of fused-ring (bicyclic) bond motifs is 7. The highest BCUT2D eigenvalue weighted by Gasteiger charge is 2.60. The normalized spacial score (nSPS) is 32.2. The van der Waals surface area contributed by atoms with Crippen molar-refractivity contribution in [3.63, 3.8) is 0 Å². The highest BCUT2D eigenvalue weighted by molar-refractivity contribution is 7.16. The number of hydrogen-bond donors (Lipinski definition) is 1. The van der Waals surface area contributed by atoms with Gasteiger partial charge in [0.15, 0.2) is 5.13 Å². The van der Waals surface area contributed by atoms with Gasteiger partial charge in [-0.25, -0.2) is 4.98 Å². The largest absolute Gasteiger partial charge is 0.497 e. The van der Waals surface area contributed by atoms with E-state index in [1.165, 1.54) is 29.0 Å². The summed E-state index contributed by atoms with van der Waals surface area (Å²) < 4.78 is 17.2. The number of esters is 1. The molecule has 40 heavy (non-hydrogen) atoms. The molecule has 1 N–H and O–H groups in total. The molecule has 2 aromatic rings. The maximum Gasteiger partial charge on any atom is 0.306 e. The molecule has 2 saturated carbocycles. The maximum absolute atomic E-state index is 12.5. The molecule has 0 unspecified atom stereocenters. The molecule has 0 radical (unpaired) electrons. The number of aromatic nitrogens is 1. The molecular formula is C33H44N2O4S. The highest BCUT2D eigenvalue weighted by atomic mass is 32.1. The number of rotatable bonds is 8. The number of allylic oxidation sites excluding steroid dienone is 2. The fraction of sp³-hybridized carbons (Fsp3) is 0.636. The van der Waals surface area contributed by atoms with Crippen LogP contribution in [-0.2, 0) is 16.0 Å². The van der Waals surface area contributed by atoms with Crippen LogP contribution in [0.15, 0.2) is 24.3 Å². The van der Waals surface area contributed by atoms with Gasteiger partial charge >= 0.3 is 5.97 Å². The number of ether oxygens (including phenoxy) is 3. The third-order valence-corrected chi connectivity index (χ3v) is 11.9. The topological polar surface area (TPSA) is 69.7 Å². The molecule has 4 aliphatic carbocycles. The third kappa shape index (κ3) is 4.53. The first-order valence-corrected chi connectivity index (χ1v) is 16.0. The van der Waals surface area contributed by atoms with E-state index in [-0.39, 0.29) is 22.9 Å². The van der Waals surface area contributed by atoms with Crippen molar-refractivity contribution in [1.29, 1.82) is 0 Å². The lowest BCUT2D eigenvalue weighted by Gasteiger charge is -2.56. The molecule has 1 aromatic heterocycles. The molecule has 0 spiro atoms. The molecule has 6 nitrogen and oxygen atoms in total. The summed E-state index contributed by atoms with van der Waals surface area (Å²) in [6.45, 7) is 7.08. The molecule has 0 bridgehead atoms. The first-order chi connectivity index (χ1) is 19.3. The van der Waals surface area contributed by atoms with Crippen LogP contribution in [0.1, 0.15) is 89.1 Å². The lowest BCUT2D eigenvalue weighted by molar-refractivity contribution is -0.159. The van der Waals surface area contributed by atoms with E-state index in [0.29, 0.717) is 24.2 Å². The Balaban J connectivity index is 1.24. The minimum atomic E-state index is 0.00891. The van der Waals surface area contributed by atoms with Gasteiger partial charge in [0.25, 0.3) is 0 Å². The molecule has 2 fully saturated rings. The lowest BCUT2D eigenvalue weighted by Crippen LogP contribution is -2.50. The van der Waals surface area contributed by atoms with E-state index < -0.39 is 0 Å². The molecule has 0 aliphatic heterocycles. The van der Waals surface area contributed by atoms with E-state index in [0.717, 1.165) is 67.3 Å². The minimum Gasteiger partial charge on any atom is -0.497 e. The Morgan fingerprint density at radius 3 is 2.75 bits per heavy atom. The number of anilines is 2. The molecule has 7 heteroatoms. The first-order valence-electron chi connectivity index (χ1n) is 15.2. The van der Waals surface area contributed by atoms with E-state index in [9.17, 15) is 4.79 Å². The van der Waals surface area contributed by atoms with Crippen molar-refractivity contribution < 1.29 is 19.0 Å². The molecule has 4 aliphatic rings. The smallest absolute Gasteiger partial charge is 0.306 e. The van der Waals surface area contributed by atoms with E-state index >= 15 is 0 Å². The molecule has 216 valence electrons. The van der Waals surface area contributed by atoms with Crippen molar-refractivity contribution in [2.24, 2.45) is 28.6 Å². The SMILES string of the molecule is CCCCC(=O)O[C@H]1CC[C@H]2[C@@H]3CC=C4c5sc(Nc6cc(OC)ccc6OC)nc5CC[C@]4(C)[C@H]3CC[C@]12C. The van der Waals surface area contributed by atoms with E-state index in [1.807, 2.05) is 18.2 Å². The number of carbonyl (C=O) groups excluding carboxylic acids is 1. The second-order valence-corrected chi connectivity index (χ2v) is 13.8. The van der Waals surface area contributed by atoms with Crippen molar-refractivity contribution >= 4 is 33.7 Å². The average Bonchev–Trinajstić information content (AvgIpc) is 3.51. The number of aryl methyl sites for hydroxylation is 1. The minimum absolute atomic E-state index is 0.00891. The van der Waals surface area contributed by atoms with Gasteiger partial charge in [-0.05, 0) is 92.2 Å². The number of unbranched alkanes of at least 4 members (excludes halogenated alkanes) is 1. The lowest BCUT2D eigenvalue weighted by atomic mass is 9.48. The van der Waals surface area contributed by atoms with Crippen LogP contribution in [-0.4, -0.2) is 31.3 Å². The Bertz CT molecular complexity index is 1300. The number of nitrogens with one attached hydrogen (secondary N) is 1. The Morgan fingerprint density at radius 2 is 1.98 bits per heavy atom. The number of carbonyl (C=O) groups is 1. The summed E-state index contributed by atoms with van der Waals surface area (Å²) in [6.07, 6.45) is 13.0. The second kappa shape index (κ2) is 10.7. The molecule has 6 rings (SSSR count). The number of benzene rings is 1. The van der Waals surface area contributed by atoms with Crippen LogP contribution in [0.2, 0.25) is 0 Å². The summed E-state index contributed by atoms with van der Waals surface area (Å²) in [5.41, 5.74) is 3.89. The Labute approximate surface area is 242 Å². The van der Waals surface area contributed by atoms with Crippen LogP contribution >= 0.6 is 11.3 Å². The van der Waals surface area contributed by atoms with Crippen LogP contribution < -0.4 is 14.8 Å². The maximum atomic E-state index is 12.5. The van der Waals surface area contributed by atoms with E-state index in [1.54, 1.807) is 25.6 Å². The van der Waals surface area contributed by atoms with Crippen LogP contribution in [0.4, 0.5) is 10.8 Å². The van der Waals surface area contributed by atoms with Gasteiger partial charge in [0, 0.05) is 17.9 Å². The van der Waals surface area contributed by atoms with Gasteiger partial charge in [-0.15, -0.1) is 0 Å². The van der Waals surface area contributed by atoms with Gasteiger partial charge in [0.05, 0.1) is 30.5 Å². The highest BCUT2D eigenvalue weighted by Crippen LogP contribution is 2.66. The summed E-state index contributed by atoms with van der Waals surface area (Å²) in [7, 11) is 3.36. The van der Waals surface area contributed by atoms with Crippen LogP contribution in [0, 0.1) is 28.6 Å². The van der Waals surface area contributed by atoms with Crippen molar-refractivity contribution in [1.82, 2.24) is 4.98 Å². The Hall–Kier alpha value is -2.54. The van der Waals surface area contributed by atoms with Crippen molar-refractivity contribution in [2.75, 3.05) is 19.5 Å². The number of nitrogens with zero attached hydrogens (tertiary/aromatic N) is 1. The quantitative estimate of drug-likeness (QED) is 0.326. The van der Waals surface area contributed by atoms with Crippen LogP contribution in [0.25, 0.3) is 5.57 Å². The zero-order valence-corrected chi connectivity index (χ0v) is 25.5. The molecule has 0 saturated heterocycles. The fourth-order valence-corrected chi connectivity index (χ4v) is 9.84. The van der Waals surface area contributed by atoms with Gasteiger partial charge in [-0.2, -0.15) is 0 Å². The predicted octanol–water partition coefficient (Wildman–Crippen LogP) is 8.19. The summed E-state index contributed by atoms with van der Waals surface area (Å²) in [5.74, 6) is 3.53. The molecule has 1 aromatic carbocycles. The summed E-state index contributed by atoms with van der Waals surface area (Å²) in [6, 6.07) is 5.79. The zero-order valence-electron chi connectivity index (χ0n) is 24.7. The number of hydrogen-bond acceptors (Lipinski definition) is 7. The number of thiazole rings is 1. The van der Waals surface area contributed by atoms with E-state index in [2.05, 4.69) is 32.2 Å². The molecule has 0 amide bonds. The summed E-state index contributed by atoms with van der Waals surface area (Å²) in [5, 5.41) is 4.43. The standard InChI is InChI=1S/C33H44N2O4S/c1-6-7-8-29(36)39-28-14-12-22-21-10-11-24-30-25(16-18-32(24,2)23(21)15-17-33(22,28)3)34-31(40-30)35-26-19-20(37-4)9-13-27(26)38-5/h9,11,13,19,21-23,28H,6-8,10,12,14-18H2,1-5H3,(H,34,35)/t21-,22-,23-,28-,32+,33-/m0/s1.